The van der Waals surface area contributed by atoms with Crippen molar-refractivity contribution in [3.63, 3.8) is 0 Å². The number of para-hydroxylation sites is 1. The van der Waals surface area contributed by atoms with E-state index in [2.05, 4.69) is 5.32 Å². The van der Waals surface area contributed by atoms with Gasteiger partial charge >= 0.3 is 6.18 Å². The predicted molar refractivity (Wildman–Crippen MR) is 61.9 cm³/mol. The molecule has 0 saturated heterocycles. The fourth-order valence-electron chi connectivity index (χ4n) is 1.90. The highest BCUT2D eigenvalue weighted by Gasteiger charge is 2.33. The smallest absolute Gasteiger partial charge is 0.385 e. The maximum Gasteiger partial charge on any atom is 0.418 e. The van der Waals surface area contributed by atoms with Crippen molar-refractivity contribution in [2.75, 3.05) is 11.9 Å². The fraction of sp³-hybridized carbons (Fsp3) is 0.538. The highest BCUT2D eigenvalue weighted by atomic mass is 19.4. The van der Waals surface area contributed by atoms with Gasteiger partial charge in [0.1, 0.15) is 0 Å². The van der Waals surface area contributed by atoms with Crippen LogP contribution in [0.1, 0.15) is 31.2 Å². The van der Waals surface area contributed by atoms with Crippen molar-refractivity contribution in [1.82, 2.24) is 0 Å². The molecule has 1 N–H and O–H groups in total. The molecule has 2 rings (SSSR count). The highest BCUT2D eigenvalue weighted by Crippen LogP contribution is 2.35. The summed E-state index contributed by atoms with van der Waals surface area (Å²) in [6.07, 6.45) is 0.371. The summed E-state index contributed by atoms with van der Waals surface area (Å²) >= 11 is 0. The van der Waals surface area contributed by atoms with Crippen molar-refractivity contribution < 1.29 is 13.2 Å². The summed E-state index contributed by atoms with van der Waals surface area (Å²) in [5.41, 5.74) is -0.387. The number of benzene rings is 1. The quantitative estimate of drug-likeness (QED) is 0.760. The van der Waals surface area contributed by atoms with Crippen molar-refractivity contribution in [2.45, 2.75) is 31.9 Å². The van der Waals surface area contributed by atoms with Crippen LogP contribution in [0.5, 0.6) is 0 Å². The maximum absolute atomic E-state index is 12.7. The van der Waals surface area contributed by atoms with Gasteiger partial charge in [0.25, 0.3) is 0 Å². The summed E-state index contributed by atoms with van der Waals surface area (Å²) < 4.78 is 38.0. The van der Waals surface area contributed by atoms with Gasteiger partial charge in [0.2, 0.25) is 0 Å². The van der Waals surface area contributed by atoms with Crippen LogP contribution < -0.4 is 5.32 Å². The van der Waals surface area contributed by atoms with Gasteiger partial charge in [-0.25, -0.2) is 0 Å². The zero-order chi connectivity index (χ0) is 12.3. The first-order valence-corrected chi connectivity index (χ1v) is 5.97. The number of nitrogens with one attached hydrogen (secondary N) is 1. The van der Waals surface area contributed by atoms with E-state index in [-0.39, 0.29) is 5.69 Å². The van der Waals surface area contributed by atoms with Gasteiger partial charge in [-0.15, -0.1) is 0 Å². The molecule has 1 aliphatic carbocycles. The summed E-state index contributed by atoms with van der Waals surface area (Å²) in [6, 6.07) is 5.64. The van der Waals surface area contributed by atoms with Gasteiger partial charge in [-0.05, 0) is 30.9 Å². The highest BCUT2D eigenvalue weighted by molar-refractivity contribution is 5.52. The van der Waals surface area contributed by atoms with Crippen LogP contribution in [0.2, 0.25) is 0 Å². The fourth-order valence-corrected chi connectivity index (χ4v) is 1.90. The van der Waals surface area contributed by atoms with Gasteiger partial charge in [0, 0.05) is 12.2 Å². The monoisotopic (exact) mass is 243 g/mol. The molecule has 0 spiro atoms. The van der Waals surface area contributed by atoms with Crippen molar-refractivity contribution >= 4 is 5.69 Å². The minimum atomic E-state index is -4.28. The van der Waals surface area contributed by atoms with Crippen molar-refractivity contribution in [3.05, 3.63) is 29.8 Å². The Morgan fingerprint density at radius 3 is 2.53 bits per heavy atom. The van der Waals surface area contributed by atoms with E-state index in [0.717, 1.165) is 24.8 Å². The van der Waals surface area contributed by atoms with Crippen LogP contribution >= 0.6 is 0 Å². The Kier molecular flexibility index (Phi) is 3.60. The minimum absolute atomic E-state index is 0.191. The predicted octanol–water partition coefficient (Wildman–Crippen LogP) is 4.31. The summed E-state index contributed by atoms with van der Waals surface area (Å²) in [5.74, 6) is 0.828. The SMILES string of the molecule is FC(F)(F)c1ccccc1NCCCC1CC1. The van der Waals surface area contributed by atoms with Gasteiger partial charge < -0.3 is 5.32 Å². The number of hydrogen-bond donors (Lipinski definition) is 1. The minimum Gasteiger partial charge on any atom is -0.385 e. The molecule has 0 heterocycles. The summed E-state index contributed by atoms with van der Waals surface area (Å²) in [5, 5.41) is 2.88. The molecule has 0 unspecified atom stereocenters. The molecule has 0 bridgehead atoms. The summed E-state index contributed by atoms with van der Waals surface area (Å²) in [6.45, 7) is 0.615. The van der Waals surface area contributed by atoms with Crippen LogP contribution in [0.15, 0.2) is 24.3 Å². The van der Waals surface area contributed by atoms with Gasteiger partial charge in [-0.1, -0.05) is 25.0 Å². The molecule has 1 fully saturated rings. The first-order chi connectivity index (χ1) is 8.07. The molecule has 0 amide bonds. The third-order valence-electron chi connectivity index (χ3n) is 3.03. The second-order valence-electron chi connectivity index (χ2n) is 4.56. The van der Waals surface area contributed by atoms with E-state index in [4.69, 9.17) is 0 Å². The number of hydrogen-bond acceptors (Lipinski definition) is 1. The Labute approximate surface area is 99.0 Å². The van der Waals surface area contributed by atoms with E-state index in [1.54, 1.807) is 6.07 Å². The molecule has 1 aromatic carbocycles. The van der Waals surface area contributed by atoms with E-state index in [1.807, 2.05) is 0 Å². The first-order valence-electron chi connectivity index (χ1n) is 5.97. The van der Waals surface area contributed by atoms with E-state index in [9.17, 15) is 13.2 Å². The van der Waals surface area contributed by atoms with E-state index in [0.29, 0.717) is 6.54 Å². The summed E-state index contributed by atoms with van der Waals surface area (Å²) in [4.78, 5) is 0. The van der Waals surface area contributed by atoms with Crippen molar-refractivity contribution in [3.8, 4) is 0 Å². The molecule has 0 aromatic heterocycles. The van der Waals surface area contributed by atoms with E-state index < -0.39 is 11.7 Å². The third-order valence-corrected chi connectivity index (χ3v) is 3.03. The number of rotatable bonds is 5. The van der Waals surface area contributed by atoms with Crippen LogP contribution in [0, 0.1) is 5.92 Å². The Bertz CT molecular complexity index is 369. The van der Waals surface area contributed by atoms with Gasteiger partial charge in [-0.3, -0.25) is 0 Å². The van der Waals surface area contributed by atoms with Crippen LogP contribution in [0.25, 0.3) is 0 Å². The van der Waals surface area contributed by atoms with Gasteiger partial charge in [0.15, 0.2) is 0 Å². The van der Waals surface area contributed by atoms with Crippen LogP contribution in [0.3, 0.4) is 0 Å². The zero-order valence-electron chi connectivity index (χ0n) is 9.56. The Morgan fingerprint density at radius 1 is 1.18 bits per heavy atom. The molecule has 17 heavy (non-hydrogen) atoms. The molecular formula is C13H16F3N. The molecule has 0 aliphatic heterocycles. The Balaban J connectivity index is 1.89. The summed E-state index contributed by atoms with van der Waals surface area (Å²) in [7, 11) is 0. The molecule has 1 saturated carbocycles. The van der Waals surface area contributed by atoms with Gasteiger partial charge in [-0.2, -0.15) is 13.2 Å². The Hall–Kier alpha value is -1.19. The molecule has 1 aliphatic rings. The molecule has 0 atom stereocenters. The average molecular weight is 243 g/mol. The normalized spacial score (nSPS) is 15.9. The number of alkyl halides is 3. The number of halogens is 3. The standard InChI is InChI=1S/C13H16F3N/c14-13(15,16)11-5-1-2-6-12(11)17-9-3-4-10-7-8-10/h1-2,5-6,10,17H,3-4,7-9H2. The lowest BCUT2D eigenvalue weighted by Gasteiger charge is -2.14. The lowest BCUT2D eigenvalue weighted by molar-refractivity contribution is -0.136. The largest absolute Gasteiger partial charge is 0.418 e. The molecule has 1 nitrogen and oxygen atoms in total. The zero-order valence-corrected chi connectivity index (χ0v) is 9.56. The van der Waals surface area contributed by atoms with Crippen LogP contribution in [-0.4, -0.2) is 6.54 Å². The molecule has 94 valence electrons. The lowest BCUT2D eigenvalue weighted by atomic mass is 10.1. The third kappa shape index (κ3) is 3.65. The van der Waals surface area contributed by atoms with Crippen LogP contribution in [-0.2, 0) is 6.18 Å². The lowest BCUT2D eigenvalue weighted by Crippen LogP contribution is -2.11. The number of anilines is 1. The average Bonchev–Trinajstić information content (AvgIpc) is 3.07. The second-order valence-corrected chi connectivity index (χ2v) is 4.56. The van der Waals surface area contributed by atoms with Crippen molar-refractivity contribution in [1.29, 1.82) is 0 Å². The molecule has 4 heteroatoms. The Morgan fingerprint density at radius 2 is 1.88 bits per heavy atom. The topological polar surface area (TPSA) is 12.0 Å². The molecular weight excluding hydrogens is 227 g/mol. The second kappa shape index (κ2) is 4.98. The van der Waals surface area contributed by atoms with E-state index in [1.165, 1.54) is 25.0 Å². The van der Waals surface area contributed by atoms with Gasteiger partial charge in [0.05, 0.1) is 5.56 Å². The van der Waals surface area contributed by atoms with Crippen LogP contribution in [0.4, 0.5) is 18.9 Å². The molecule has 0 radical (unpaired) electrons. The molecule has 1 aromatic rings. The van der Waals surface area contributed by atoms with Crippen molar-refractivity contribution in [2.24, 2.45) is 5.92 Å². The van der Waals surface area contributed by atoms with E-state index >= 15 is 0 Å². The maximum atomic E-state index is 12.7. The first kappa shape index (κ1) is 12.3.